The van der Waals surface area contributed by atoms with E-state index in [2.05, 4.69) is 87.6 Å². The molecule has 0 aromatic rings. The van der Waals surface area contributed by atoms with Crippen molar-refractivity contribution >= 4 is 17.7 Å². The third-order valence-electron chi connectivity index (χ3n) is 27.3. The third kappa shape index (κ3) is 7.06. The number of aliphatic hydroxyl groups excluding tert-OH is 2. The van der Waals surface area contributed by atoms with Crippen molar-refractivity contribution in [3.63, 3.8) is 0 Å². The molecule has 0 saturated heterocycles. The number of hydrogen-bond donors (Lipinski definition) is 6. The fourth-order valence-electron chi connectivity index (χ4n) is 23.1. The van der Waals surface area contributed by atoms with Crippen molar-refractivity contribution in [3.05, 3.63) is 24.3 Å². The van der Waals surface area contributed by atoms with Crippen LogP contribution >= 0.6 is 0 Å². The first-order valence-electron chi connectivity index (χ1n) is 28.1. The summed E-state index contributed by atoms with van der Waals surface area (Å²) in [5, 5.41) is 55.5. The first kappa shape index (κ1) is 56.5. The Kier molecular flexibility index (Phi) is 14.5. The number of allylic oxidation sites excluding steroid dienone is 2. The van der Waals surface area contributed by atoms with Crippen LogP contribution in [0.25, 0.3) is 0 Å². The molecule has 0 aliphatic heterocycles. The molecule has 0 heterocycles. The summed E-state index contributed by atoms with van der Waals surface area (Å²) in [6.45, 7) is 32.7. The minimum atomic E-state index is -0.578. The second-order valence-electron chi connectivity index (χ2n) is 28.7. The molecular weight excluding hydrogens is 885 g/mol. The molecular formula is C62H104N2O7. The van der Waals surface area contributed by atoms with Crippen molar-refractivity contribution in [1.29, 1.82) is 0 Å². The van der Waals surface area contributed by atoms with E-state index >= 15 is 0 Å². The number of oxime groups is 1. The van der Waals surface area contributed by atoms with Gasteiger partial charge in [0.2, 0.25) is 0 Å². The van der Waals surface area contributed by atoms with E-state index in [0.29, 0.717) is 47.3 Å². The van der Waals surface area contributed by atoms with Crippen molar-refractivity contribution in [2.24, 2.45) is 124 Å². The number of hydrogen-bond acceptors (Lipinski definition) is 7. The average molecular weight is 990 g/mol. The Morgan fingerprint density at radius 1 is 0.549 bits per heavy atom. The van der Waals surface area contributed by atoms with E-state index in [1.165, 1.54) is 24.0 Å². The molecule has 71 heavy (non-hydrogen) atoms. The highest BCUT2D eigenvalue weighted by atomic mass is 16.4. The molecule has 0 aromatic heterocycles. The molecule has 0 amide bonds. The second kappa shape index (κ2) is 18.2. The quantitative estimate of drug-likeness (QED) is 0.0866. The van der Waals surface area contributed by atoms with Crippen LogP contribution in [-0.2, 0) is 9.59 Å². The van der Waals surface area contributed by atoms with Gasteiger partial charge in [0, 0.05) is 16.9 Å². The third-order valence-corrected chi connectivity index (χ3v) is 27.3. The lowest BCUT2D eigenvalue weighted by molar-refractivity contribution is -0.243. The van der Waals surface area contributed by atoms with Crippen LogP contribution in [0.5, 0.6) is 0 Å². The molecule has 0 spiro atoms. The average Bonchev–Trinajstić information content (AvgIpc) is 3.91. The highest BCUT2D eigenvalue weighted by molar-refractivity contribution is 5.91. The summed E-state index contributed by atoms with van der Waals surface area (Å²) in [5.74, 6) is 2.74. The topological polar surface area (TPSA) is 174 Å². The Balaban J connectivity index is 0.000000203. The Morgan fingerprint density at radius 3 is 1.38 bits per heavy atom. The molecule has 0 bridgehead atoms. The predicted octanol–water partition coefficient (Wildman–Crippen LogP) is 13.8. The van der Waals surface area contributed by atoms with Gasteiger partial charge >= 0.3 is 11.9 Å². The smallest absolute Gasteiger partial charge is 0.309 e. The van der Waals surface area contributed by atoms with Gasteiger partial charge in [-0.25, -0.2) is 0 Å². The molecule has 21 atom stereocenters. The zero-order valence-corrected chi connectivity index (χ0v) is 44.9. The van der Waals surface area contributed by atoms with Gasteiger partial charge in [0.1, 0.15) is 0 Å². The lowest BCUT2D eigenvalue weighted by Crippen LogP contribution is -2.68. The maximum atomic E-state index is 12.8. The van der Waals surface area contributed by atoms with E-state index in [4.69, 9.17) is 5.73 Å². The van der Waals surface area contributed by atoms with Crippen molar-refractivity contribution < 1.29 is 35.2 Å². The van der Waals surface area contributed by atoms with Crippen LogP contribution < -0.4 is 5.73 Å². The first-order valence-corrected chi connectivity index (χ1v) is 28.1. The van der Waals surface area contributed by atoms with Gasteiger partial charge in [-0.2, -0.15) is 0 Å². The van der Waals surface area contributed by atoms with Gasteiger partial charge in [0.25, 0.3) is 0 Å². The molecule has 7 N–H and O–H groups in total. The lowest BCUT2D eigenvalue weighted by Gasteiger charge is -2.73. The minimum absolute atomic E-state index is 0. The summed E-state index contributed by atoms with van der Waals surface area (Å²) in [4.78, 5) is 25.6. The molecule has 10 aliphatic carbocycles. The normalized spacial score (nSPS) is 53.9. The number of nitrogens with zero attached hydrogens (tertiary/aromatic N) is 1. The van der Waals surface area contributed by atoms with Crippen LogP contribution in [0.3, 0.4) is 0 Å². The van der Waals surface area contributed by atoms with Crippen LogP contribution in [0.1, 0.15) is 213 Å². The lowest BCUT2D eigenvalue weighted by atomic mass is 9.32. The maximum absolute atomic E-state index is 12.8. The molecule has 10 rings (SSSR count). The molecule has 10 aliphatic rings. The minimum Gasteiger partial charge on any atom is -0.481 e. The number of aliphatic hydroxyl groups is 2. The van der Waals surface area contributed by atoms with E-state index in [9.17, 15) is 35.2 Å². The molecule has 10 saturated carbocycles. The zero-order valence-electron chi connectivity index (χ0n) is 44.9. The second-order valence-corrected chi connectivity index (χ2v) is 28.7. The number of fused-ring (bicyclic) bond motifs is 14. The molecule has 9 nitrogen and oxygen atoms in total. The molecule has 0 radical (unpaired) electrons. The molecule has 9 heteroatoms. The van der Waals surface area contributed by atoms with E-state index in [1.807, 2.05) is 0 Å². The molecule has 0 aromatic carbocycles. The van der Waals surface area contributed by atoms with E-state index in [-0.39, 0.29) is 83.8 Å². The maximum Gasteiger partial charge on any atom is 0.309 e. The predicted molar refractivity (Wildman–Crippen MR) is 287 cm³/mol. The zero-order chi connectivity index (χ0) is 50.5. The summed E-state index contributed by atoms with van der Waals surface area (Å²) in [6.07, 6.45) is 20.1. The monoisotopic (exact) mass is 989 g/mol. The van der Waals surface area contributed by atoms with E-state index in [0.717, 1.165) is 121 Å². The number of nitrogens with two attached hydrogens (primary N) is 1. The van der Waals surface area contributed by atoms with Crippen molar-refractivity contribution in [2.45, 2.75) is 219 Å². The van der Waals surface area contributed by atoms with Crippen LogP contribution in [0.15, 0.2) is 29.5 Å². The van der Waals surface area contributed by atoms with E-state index in [1.54, 1.807) is 0 Å². The van der Waals surface area contributed by atoms with Crippen LogP contribution in [0.4, 0.5) is 0 Å². The Bertz CT molecular complexity index is 2140. The number of carboxylic acids is 2. The van der Waals surface area contributed by atoms with Crippen LogP contribution in [-0.4, -0.2) is 62.5 Å². The van der Waals surface area contributed by atoms with Crippen LogP contribution in [0, 0.1) is 113 Å². The fourth-order valence-corrected chi connectivity index (χ4v) is 23.1. The van der Waals surface area contributed by atoms with Crippen molar-refractivity contribution in [2.75, 3.05) is 13.2 Å². The van der Waals surface area contributed by atoms with Gasteiger partial charge in [0.15, 0.2) is 0 Å². The molecule has 404 valence electrons. The Hall–Kier alpha value is -2.23. The van der Waals surface area contributed by atoms with E-state index < -0.39 is 28.2 Å². The summed E-state index contributed by atoms with van der Waals surface area (Å²) >= 11 is 0. The summed E-state index contributed by atoms with van der Waals surface area (Å²) in [5.41, 5.74) is 8.85. The summed E-state index contributed by atoms with van der Waals surface area (Å²) in [7, 11) is 0. The Labute approximate surface area is 431 Å². The van der Waals surface area contributed by atoms with Gasteiger partial charge in [-0.3, -0.25) is 9.59 Å². The number of rotatable bonds is 6. The SMILES string of the molecule is C.C.C=C(C)[C@@H]1CC[C@]2(C(=O)O)CC[C@]3(C)[C@H](CC[C@@H]4[C@@]5(C)CC/C(=N/O)[C@](C)(CO)[C@@H]5CC[C@]43C)[C@@H]12.C=C(C)[C@@H]1CC[C@]2(C(=O)O)CC[C@]3(C)[C@H](CC[C@@H]4[C@@]5(C)CCC(N)[C@](C)(CO)[C@@H]5CC[C@]43C)[C@@H]12. The number of aliphatic carboxylic acids is 2. The van der Waals surface area contributed by atoms with Crippen LogP contribution in [0.2, 0.25) is 0 Å². The van der Waals surface area contributed by atoms with Gasteiger partial charge in [-0.05, 0) is 234 Å². The largest absolute Gasteiger partial charge is 0.481 e. The highest BCUT2D eigenvalue weighted by Gasteiger charge is 2.74. The first-order chi connectivity index (χ1) is 32.2. The van der Waals surface area contributed by atoms with Crippen molar-refractivity contribution in [1.82, 2.24) is 0 Å². The Morgan fingerprint density at radius 2 is 0.986 bits per heavy atom. The highest BCUT2D eigenvalue weighted by Crippen LogP contribution is 2.79. The van der Waals surface area contributed by atoms with Gasteiger partial charge in [-0.15, -0.1) is 0 Å². The number of carboxylic acid groups (broad SMARTS) is 2. The summed E-state index contributed by atoms with van der Waals surface area (Å²) < 4.78 is 0. The molecule has 10 fully saturated rings. The van der Waals surface area contributed by atoms with Gasteiger partial charge in [0.05, 0.1) is 29.8 Å². The molecule has 1 unspecified atom stereocenters. The van der Waals surface area contributed by atoms with Gasteiger partial charge < -0.3 is 31.4 Å². The van der Waals surface area contributed by atoms with Crippen molar-refractivity contribution in [3.8, 4) is 0 Å². The number of carbonyl (C=O) groups is 2. The summed E-state index contributed by atoms with van der Waals surface area (Å²) in [6, 6.07) is 0.0764. The standard InChI is InChI=1S/C30H47NO4.C30H49NO3.2CH4/c1-18(2)19-9-14-30(25(33)34)16-15-28(5)20(24(19)30)7-8-22-26(3)12-11-23(31-35)27(4,17-32)21(26)10-13-29(22,28)6;1-18(2)19-9-14-30(25(33)34)16-15-28(5)20(24(19)30)7-8-22-26(3)12-11-23(31)27(4,17-32)21(26)10-13-29(22,28)6;;/h19-22,24,32,35H,1,7-17H2,2-6H3,(H,33,34);19-24,32H,1,7-17,31H2,2-6H3,(H,33,34);2*1H4/b31-23-;;;/t19-,20+,21+,22+,24+,26-,27+,28+,29+,30-;19-,20+,21+,22+,23?,24+,26-,27+,28+,29+,30-;;/m00../s1. The fraction of sp³-hybridized carbons (Fsp3) is 0.887. The van der Waals surface area contributed by atoms with Gasteiger partial charge in [-0.1, -0.05) is 99.7 Å².